The first-order valence-corrected chi connectivity index (χ1v) is 6.53. The van der Waals surface area contributed by atoms with E-state index in [4.69, 9.17) is 5.73 Å². The highest BCUT2D eigenvalue weighted by Crippen LogP contribution is 2.24. The van der Waals surface area contributed by atoms with Gasteiger partial charge in [-0.15, -0.1) is 11.3 Å². The van der Waals surface area contributed by atoms with E-state index in [1.807, 2.05) is 11.7 Å². The Hall–Kier alpha value is -0.940. The molecule has 0 radical (unpaired) electrons. The van der Waals surface area contributed by atoms with Crippen molar-refractivity contribution in [2.45, 2.75) is 38.3 Å². The maximum Gasteiger partial charge on any atom is 0.220 e. The highest BCUT2D eigenvalue weighted by atomic mass is 32.1. The third kappa shape index (κ3) is 3.02. The Balaban J connectivity index is 1.79. The highest BCUT2D eigenvalue weighted by molar-refractivity contribution is 7.09. The van der Waals surface area contributed by atoms with Gasteiger partial charge in [-0.1, -0.05) is 6.42 Å². The summed E-state index contributed by atoms with van der Waals surface area (Å²) in [5.74, 6) is -0.0861. The number of thiazole rings is 1. The minimum absolute atomic E-state index is 0.0627. The van der Waals surface area contributed by atoms with Crippen molar-refractivity contribution >= 4 is 17.2 Å². The summed E-state index contributed by atoms with van der Waals surface area (Å²) in [5.41, 5.74) is 7.18. The van der Waals surface area contributed by atoms with E-state index in [9.17, 15) is 4.79 Å². The molecule has 1 amide bonds. The van der Waals surface area contributed by atoms with Crippen molar-refractivity contribution in [2.75, 3.05) is 0 Å². The van der Waals surface area contributed by atoms with Crippen molar-refractivity contribution in [3.8, 4) is 0 Å². The van der Waals surface area contributed by atoms with E-state index in [0.717, 1.165) is 32.2 Å². The molecule has 1 aromatic rings. The van der Waals surface area contributed by atoms with Crippen LogP contribution in [-0.2, 0) is 11.3 Å². The predicted octanol–water partition coefficient (Wildman–Crippen LogP) is 1.28. The van der Waals surface area contributed by atoms with Crippen LogP contribution in [0.25, 0.3) is 0 Å². The summed E-state index contributed by atoms with van der Waals surface area (Å²) < 4.78 is 0. The fourth-order valence-electron chi connectivity index (χ4n) is 2.21. The molecule has 0 saturated heterocycles. The molecule has 0 aromatic carbocycles. The summed E-state index contributed by atoms with van der Waals surface area (Å²) in [6, 6.07) is 0.424. The zero-order valence-corrected chi connectivity index (χ0v) is 10.0. The average molecular weight is 239 g/mol. The van der Waals surface area contributed by atoms with Crippen LogP contribution in [-0.4, -0.2) is 16.9 Å². The molecular formula is C11H17N3OS. The van der Waals surface area contributed by atoms with Crippen molar-refractivity contribution in [2.24, 2.45) is 11.7 Å². The summed E-state index contributed by atoms with van der Waals surface area (Å²) >= 11 is 1.65. The lowest BCUT2D eigenvalue weighted by atomic mass is 9.85. The average Bonchev–Trinajstić information content (AvgIpc) is 2.79. The lowest BCUT2D eigenvalue weighted by Crippen LogP contribution is -2.37. The molecule has 1 fully saturated rings. The summed E-state index contributed by atoms with van der Waals surface area (Å²) in [5, 5.41) is 3.47. The van der Waals surface area contributed by atoms with E-state index in [2.05, 4.69) is 10.3 Å². The van der Waals surface area contributed by atoms with Gasteiger partial charge < -0.3 is 11.1 Å². The number of primary amides is 1. The molecule has 0 bridgehead atoms. The second-order valence-corrected chi connectivity index (χ2v) is 5.28. The molecule has 1 aliphatic rings. The number of nitrogens with one attached hydrogen (secondary N) is 1. The Labute approximate surface area is 99.3 Å². The zero-order valence-electron chi connectivity index (χ0n) is 9.19. The number of hydrogen-bond donors (Lipinski definition) is 2. The number of carbonyl (C=O) groups is 1. The van der Waals surface area contributed by atoms with Crippen molar-refractivity contribution in [3.05, 3.63) is 16.6 Å². The normalized spacial score (nSPS) is 25.5. The van der Waals surface area contributed by atoms with Crippen LogP contribution in [0, 0.1) is 5.92 Å². The van der Waals surface area contributed by atoms with Crippen molar-refractivity contribution in [1.82, 2.24) is 10.3 Å². The van der Waals surface area contributed by atoms with Crippen LogP contribution < -0.4 is 11.1 Å². The van der Waals surface area contributed by atoms with Gasteiger partial charge in [0.15, 0.2) is 0 Å². The molecule has 1 saturated carbocycles. The van der Waals surface area contributed by atoms with Crippen LogP contribution in [0.15, 0.2) is 11.7 Å². The topological polar surface area (TPSA) is 68.0 Å². The second-order valence-electron chi connectivity index (χ2n) is 4.31. The van der Waals surface area contributed by atoms with Gasteiger partial charge >= 0.3 is 0 Å². The van der Waals surface area contributed by atoms with E-state index in [0.29, 0.717) is 6.04 Å². The molecule has 2 rings (SSSR count). The van der Waals surface area contributed by atoms with E-state index in [-0.39, 0.29) is 11.8 Å². The largest absolute Gasteiger partial charge is 0.369 e. The van der Waals surface area contributed by atoms with Crippen LogP contribution in [0.3, 0.4) is 0 Å². The minimum Gasteiger partial charge on any atom is -0.369 e. The van der Waals surface area contributed by atoms with Crippen LogP contribution >= 0.6 is 11.3 Å². The highest BCUT2D eigenvalue weighted by Gasteiger charge is 2.25. The number of nitrogens with two attached hydrogens (primary N) is 1. The SMILES string of the molecule is NC(=O)C1CCCC(NCc2cncs2)C1. The van der Waals surface area contributed by atoms with Gasteiger partial charge in [0.2, 0.25) is 5.91 Å². The van der Waals surface area contributed by atoms with E-state index >= 15 is 0 Å². The molecule has 1 aromatic heterocycles. The molecule has 88 valence electrons. The van der Waals surface area contributed by atoms with Gasteiger partial charge in [0.25, 0.3) is 0 Å². The molecule has 5 heteroatoms. The number of nitrogens with zero attached hydrogens (tertiary/aromatic N) is 1. The van der Waals surface area contributed by atoms with Gasteiger partial charge in [0, 0.05) is 29.6 Å². The molecule has 1 aliphatic carbocycles. The van der Waals surface area contributed by atoms with Crippen LogP contribution in [0.4, 0.5) is 0 Å². The molecule has 0 spiro atoms. The Morgan fingerprint density at radius 2 is 2.50 bits per heavy atom. The van der Waals surface area contributed by atoms with Crippen LogP contribution in [0.5, 0.6) is 0 Å². The maximum atomic E-state index is 11.1. The third-order valence-corrected chi connectivity index (χ3v) is 3.90. The molecular weight excluding hydrogens is 222 g/mol. The third-order valence-electron chi connectivity index (χ3n) is 3.13. The maximum absolute atomic E-state index is 11.1. The molecule has 0 aliphatic heterocycles. The Morgan fingerprint density at radius 3 is 3.19 bits per heavy atom. The number of hydrogen-bond acceptors (Lipinski definition) is 4. The van der Waals surface area contributed by atoms with E-state index in [1.54, 1.807) is 11.3 Å². The van der Waals surface area contributed by atoms with E-state index < -0.39 is 0 Å². The Morgan fingerprint density at radius 1 is 1.62 bits per heavy atom. The van der Waals surface area contributed by atoms with Crippen LogP contribution in [0.2, 0.25) is 0 Å². The van der Waals surface area contributed by atoms with Crippen molar-refractivity contribution in [1.29, 1.82) is 0 Å². The first kappa shape index (κ1) is 11.5. The predicted molar refractivity (Wildman–Crippen MR) is 63.9 cm³/mol. The number of amides is 1. The van der Waals surface area contributed by atoms with Crippen LogP contribution in [0.1, 0.15) is 30.6 Å². The second kappa shape index (κ2) is 5.41. The molecule has 4 nitrogen and oxygen atoms in total. The number of rotatable bonds is 4. The van der Waals surface area contributed by atoms with E-state index in [1.165, 1.54) is 4.88 Å². The molecule has 2 unspecified atom stereocenters. The lowest BCUT2D eigenvalue weighted by Gasteiger charge is -2.27. The van der Waals surface area contributed by atoms with Crippen molar-refractivity contribution in [3.63, 3.8) is 0 Å². The summed E-state index contributed by atoms with van der Waals surface area (Å²) in [6.07, 6.45) is 5.95. The van der Waals surface area contributed by atoms with Gasteiger partial charge in [-0.05, 0) is 19.3 Å². The first-order valence-electron chi connectivity index (χ1n) is 5.66. The van der Waals surface area contributed by atoms with Gasteiger partial charge in [-0.25, -0.2) is 0 Å². The fourth-order valence-corrected chi connectivity index (χ4v) is 2.75. The number of aromatic nitrogens is 1. The van der Waals surface area contributed by atoms with Gasteiger partial charge in [-0.2, -0.15) is 0 Å². The monoisotopic (exact) mass is 239 g/mol. The lowest BCUT2D eigenvalue weighted by molar-refractivity contribution is -0.122. The quantitative estimate of drug-likeness (QED) is 0.831. The summed E-state index contributed by atoms with van der Waals surface area (Å²) in [4.78, 5) is 16.4. The standard InChI is InChI=1S/C11H17N3OS/c12-11(15)8-2-1-3-9(4-8)14-6-10-5-13-7-16-10/h5,7-9,14H,1-4,6H2,(H2,12,15). The first-order chi connectivity index (χ1) is 7.75. The molecule has 1 heterocycles. The smallest absolute Gasteiger partial charge is 0.220 e. The Bertz CT molecular complexity index is 339. The molecule has 3 N–H and O–H groups in total. The van der Waals surface area contributed by atoms with Gasteiger partial charge in [-0.3, -0.25) is 9.78 Å². The Kier molecular flexibility index (Phi) is 3.90. The summed E-state index contributed by atoms with van der Waals surface area (Å²) in [7, 11) is 0. The zero-order chi connectivity index (χ0) is 11.4. The van der Waals surface area contributed by atoms with Crippen molar-refractivity contribution < 1.29 is 4.79 Å². The fraction of sp³-hybridized carbons (Fsp3) is 0.636. The van der Waals surface area contributed by atoms with Gasteiger partial charge in [0.1, 0.15) is 0 Å². The molecule has 2 atom stereocenters. The minimum atomic E-state index is -0.149. The van der Waals surface area contributed by atoms with Gasteiger partial charge in [0.05, 0.1) is 5.51 Å². The number of carbonyl (C=O) groups excluding carboxylic acids is 1. The summed E-state index contributed by atoms with van der Waals surface area (Å²) in [6.45, 7) is 0.848. The molecule has 16 heavy (non-hydrogen) atoms.